The molecular formula is C17H6F28O4. The molecule has 0 aliphatic heterocycles. The van der Waals surface area contributed by atoms with Crippen LogP contribution in [0.15, 0.2) is 0 Å². The third-order valence-electron chi connectivity index (χ3n) is 5.39. The molecule has 0 aromatic rings. The predicted octanol–water partition coefficient (Wildman–Crippen LogP) is 8.74. The van der Waals surface area contributed by atoms with Gasteiger partial charge in [0.25, 0.3) is 18.0 Å². The van der Waals surface area contributed by atoms with Gasteiger partial charge in [0.1, 0.15) is 0 Å². The Balaban J connectivity index is 4.65. The number of rotatable bonds is 8. The molecule has 1 rings (SSSR count). The van der Waals surface area contributed by atoms with Gasteiger partial charge in [0.05, 0.1) is 0 Å². The molecule has 1 aliphatic rings. The third-order valence-corrected chi connectivity index (χ3v) is 5.39. The van der Waals surface area contributed by atoms with Crippen LogP contribution in [0, 0.1) is 0 Å². The van der Waals surface area contributed by atoms with Crippen molar-refractivity contribution in [3.8, 4) is 0 Å². The fraction of sp³-hybridized carbons (Fsp3) is 1.00. The lowest BCUT2D eigenvalue weighted by Crippen LogP contribution is -2.68. The number of alkyl halides is 28. The van der Waals surface area contributed by atoms with Gasteiger partial charge in [-0.25, -0.2) is 0 Å². The summed E-state index contributed by atoms with van der Waals surface area (Å²) >= 11 is 0. The highest BCUT2D eigenvalue weighted by Crippen LogP contribution is 2.62. The number of hydrogen-bond donors (Lipinski definition) is 0. The van der Waals surface area contributed by atoms with E-state index in [9.17, 15) is 114 Å². The minimum Gasteiger partial charge on any atom is -0.349 e. The highest BCUT2D eigenvalue weighted by atomic mass is 19.4. The molecule has 0 aromatic carbocycles. The largest absolute Gasteiger partial charge is 0.423 e. The van der Waals surface area contributed by atoms with E-state index in [2.05, 4.69) is 18.9 Å². The quantitative estimate of drug-likeness (QED) is 0.182. The summed E-state index contributed by atoms with van der Waals surface area (Å²) in [6.07, 6.45) is -100. The van der Waals surface area contributed by atoms with Crippen LogP contribution in [0.3, 0.4) is 0 Å². The van der Waals surface area contributed by atoms with Gasteiger partial charge in [-0.1, -0.05) is 0 Å². The first kappa shape index (κ1) is 44.9. The molecule has 0 spiro atoms. The highest BCUT2D eigenvalue weighted by Gasteiger charge is 2.90. The number of hydrogen-bond acceptors (Lipinski definition) is 4. The van der Waals surface area contributed by atoms with E-state index >= 15 is 8.78 Å². The van der Waals surface area contributed by atoms with Gasteiger partial charge in [0.2, 0.25) is 12.2 Å². The molecule has 1 fully saturated rings. The van der Waals surface area contributed by atoms with Crippen LogP contribution in [-0.2, 0) is 18.9 Å². The van der Waals surface area contributed by atoms with Crippen molar-refractivity contribution in [3.63, 3.8) is 0 Å². The second kappa shape index (κ2) is 12.5. The Morgan fingerprint density at radius 3 is 0.735 bits per heavy atom. The Hall–Kier alpha value is -2.12. The lowest BCUT2D eigenvalue weighted by molar-refractivity contribution is -0.478. The zero-order valence-electron chi connectivity index (χ0n) is 21.2. The Morgan fingerprint density at radius 1 is 0.327 bits per heavy atom. The molecule has 1 aliphatic carbocycles. The Bertz CT molecular complexity index is 1020. The zero-order valence-corrected chi connectivity index (χ0v) is 21.2. The van der Waals surface area contributed by atoms with Crippen LogP contribution in [0.2, 0.25) is 0 Å². The van der Waals surface area contributed by atoms with Crippen molar-refractivity contribution in [1.29, 1.82) is 0 Å². The van der Waals surface area contributed by atoms with Gasteiger partial charge in [-0.3, -0.25) is 0 Å². The summed E-state index contributed by atoms with van der Waals surface area (Å²) in [6.45, 7) is 0. The van der Waals surface area contributed by atoms with Crippen molar-refractivity contribution >= 4 is 0 Å². The summed E-state index contributed by atoms with van der Waals surface area (Å²) in [5.74, 6) is -24.1. The van der Waals surface area contributed by atoms with Crippen molar-refractivity contribution in [1.82, 2.24) is 0 Å². The van der Waals surface area contributed by atoms with Crippen molar-refractivity contribution in [2.45, 2.75) is 104 Å². The summed E-state index contributed by atoms with van der Waals surface area (Å²) in [5, 5.41) is 0. The second-order valence-electron chi connectivity index (χ2n) is 9.07. The van der Waals surface area contributed by atoms with E-state index in [1.54, 1.807) is 0 Å². The van der Waals surface area contributed by atoms with Crippen LogP contribution in [-0.4, -0.2) is 104 Å². The first-order valence-corrected chi connectivity index (χ1v) is 10.8. The maximum Gasteiger partial charge on any atom is 0.423 e. The molecule has 4 nitrogen and oxygen atoms in total. The highest BCUT2D eigenvalue weighted by molar-refractivity contribution is 5.19. The average Bonchev–Trinajstić information content (AvgIpc) is 2.85. The zero-order chi connectivity index (χ0) is 39.8. The molecule has 294 valence electrons. The molecule has 32 heteroatoms. The van der Waals surface area contributed by atoms with Gasteiger partial charge in [0, 0.05) is 0 Å². The van der Waals surface area contributed by atoms with Crippen LogP contribution in [0.4, 0.5) is 123 Å². The van der Waals surface area contributed by atoms with E-state index < -0.39 is 104 Å². The Labute approximate surface area is 247 Å². The normalized spacial score (nSPS) is 23.0. The molecule has 0 radical (unpaired) electrons. The molecule has 0 N–H and O–H groups in total. The number of ether oxygens (including phenoxy) is 4. The maximum atomic E-state index is 15.1. The van der Waals surface area contributed by atoms with E-state index in [4.69, 9.17) is 0 Å². The minimum absolute atomic E-state index is 2.22. The molecule has 0 bridgehead atoms. The second-order valence-corrected chi connectivity index (χ2v) is 9.07. The molecule has 49 heavy (non-hydrogen) atoms. The first-order valence-electron chi connectivity index (χ1n) is 10.8. The fourth-order valence-corrected chi connectivity index (χ4v) is 3.57. The third kappa shape index (κ3) is 9.22. The molecule has 0 heterocycles. The summed E-state index contributed by atoms with van der Waals surface area (Å²) in [6, 6.07) is 0. The lowest BCUT2D eigenvalue weighted by atomic mass is 10.1. The van der Waals surface area contributed by atoms with E-state index in [1.807, 2.05) is 0 Å². The van der Waals surface area contributed by atoms with E-state index in [1.165, 1.54) is 0 Å². The van der Waals surface area contributed by atoms with Crippen molar-refractivity contribution in [3.05, 3.63) is 0 Å². The molecule has 2 atom stereocenters. The van der Waals surface area contributed by atoms with Gasteiger partial charge >= 0.3 is 61.3 Å². The lowest BCUT2D eigenvalue weighted by Gasteiger charge is -2.44. The molecule has 1 saturated carbocycles. The van der Waals surface area contributed by atoms with Crippen LogP contribution < -0.4 is 0 Å². The topological polar surface area (TPSA) is 36.9 Å². The van der Waals surface area contributed by atoms with E-state index in [-0.39, 0.29) is 0 Å². The van der Waals surface area contributed by atoms with Crippen LogP contribution in [0.5, 0.6) is 0 Å². The Kier molecular flexibility index (Phi) is 11.5. The van der Waals surface area contributed by atoms with Crippen molar-refractivity contribution < 1.29 is 142 Å². The minimum atomic E-state index is -8.34. The Morgan fingerprint density at radius 2 is 0.531 bits per heavy atom. The summed E-state index contributed by atoms with van der Waals surface area (Å²) in [4.78, 5) is 0. The van der Waals surface area contributed by atoms with Crippen molar-refractivity contribution in [2.24, 2.45) is 0 Å². The molecule has 0 amide bonds. The van der Waals surface area contributed by atoms with Gasteiger partial charge in [0.15, 0.2) is 12.2 Å². The van der Waals surface area contributed by atoms with Crippen molar-refractivity contribution in [2.75, 3.05) is 0 Å². The molecule has 0 unspecified atom stereocenters. The summed E-state index contributed by atoms with van der Waals surface area (Å²) < 4.78 is 384. The number of halogens is 28. The monoisotopic (exact) mass is 806 g/mol. The smallest absolute Gasteiger partial charge is 0.349 e. The first-order chi connectivity index (χ1) is 20.9. The van der Waals surface area contributed by atoms with Gasteiger partial charge in [-0.15, -0.1) is 0 Å². The fourth-order valence-electron chi connectivity index (χ4n) is 3.57. The summed E-state index contributed by atoms with van der Waals surface area (Å²) in [5.41, 5.74) is 0. The SMILES string of the molecule is FC(F)(F)C(O[C@@H]1[C@H](OC(C(F)(F)F)C(F)(F)F)C(OC(C(F)(F)F)C(F)(F)F)(OC(C(F)(F)F)C(F)(F)F)C(F)(F)C1(F)F)C(F)(F)F. The van der Waals surface area contributed by atoms with Gasteiger partial charge in [-0.05, 0) is 0 Å². The predicted molar refractivity (Wildman–Crippen MR) is 88.1 cm³/mol. The maximum absolute atomic E-state index is 15.1. The van der Waals surface area contributed by atoms with E-state index in [0.29, 0.717) is 0 Å². The molecule has 0 saturated heterocycles. The van der Waals surface area contributed by atoms with Crippen LogP contribution in [0.1, 0.15) is 0 Å². The average molecular weight is 806 g/mol. The van der Waals surface area contributed by atoms with Crippen LogP contribution in [0.25, 0.3) is 0 Å². The van der Waals surface area contributed by atoms with Crippen LogP contribution >= 0.6 is 0 Å². The van der Waals surface area contributed by atoms with Gasteiger partial charge < -0.3 is 18.9 Å². The summed E-state index contributed by atoms with van der Waals surface area (Å²) in [7, 11) is 0. The molecular weight excluding hydrogens is 800 g/mol. The van der Waals surface area contributed by atoms with E-state index in [0.717, 1.165) is 0 Å². The molecule has 0 aromatic heterocycles. The standard InChI is InChI=1S/C17H6F28O4/c18-7(19)1(46-3(9(20,21)22)10(23,24)25)2(47-4(11(26,27)28)12(29,30)31)8(17(7,44)45,48-5(13(32,33)34)14(35,36)37)49-6(15(38,39)40)16(41,42)43/h1-6H/t1-,2+/m1/s1. The van der Waals surface area contributed by atoms with Gasteiger partial charge in [-0.2, -0.15) is 123 Å².